The molecular formula is C17H15NO6S. The summed E-state index contributed by atoms with van der Waals surface area (Å²) >= 11 is 0. The molecule has 0 bridgehead atoms. The van der Waals surface area contributed by atoms with Crippen LogP contribution in [0.1, 0.15) is 45.7 Å². The predicted octanol–water partition coefficient (Wildman–Crippen LogP) is 1.56. The molecule has 0 unspecified atom stereocenters. The molecule has 2 aromatic carbocycles. The highest BCUT2D eigenvalue weighted by Crippen LogP contribution is 2.42. The average Bonchev–Trinajstić information content (AvgIpc) is 2.53. The quantitative estimate of drug-likeness (QED) is 0.609. The molecule has 0 spiro atoms. The first-order valence-corrected chi connectivity index (χ1v) is 8.93. The third kappa shape index (κ3) is 2.59. The molecular weight excluding hydrogens is 346 g/mol. The van der Waals surface area contributed by atoms with E-state index in [0.717, 1.165) is 6.07 Å². The molecule has 0 fully saturated rings. The van der Waals surface area contributed by atoms with Crippen LogP contribution in [0, 0.1) is 0 Å². The van der Waals surface area contributed by atoms with Gasteiger partial charge in [-0.05, 0) is 19.9 Å². The van der Waals surface area contributed by atoms with E-state index in [1.54, 1.807) is 26.0 Å². The van der Waals surface area contributed by atoms with Crippen molar-refractivity contribution in [2.24, 2.45) is 0 Å². The number of carbonyl (C=O) groups excluding carboxylic acids is 2. The summed E-state index contributed by atoms with van der Waals surface area (Å²) in [5.74, 6) is -3.14. The summed E-state index contributed by atoms with van der Waals surface area (Å²) in [6, 6.07) is 6.47. The van der Waals surface area contributed by atoms with Gasteiger partial charge in [0, 0.05) is 22.7 Å². The van der Waals surface area contributed by atoms with Crippen molar-refractivity contribution < 1.29 is 28.2 Å². The summed E-state index contributed by atoms with van der Waals surface area (Å²) in [4.78, 5) is 24.6. The lowest BCUT2D eigenvalue weighted by atomic mass is 9.83. The van der Waals surface area contributed by atoms with Crippen molar-refractivity contribution in [2.45, 2.75) is 24.8 Å². The lowest BCUT2D eigenvalue weighted by Gasteiger charge is -2.20. The summed E-state index contributed by atoms with van der Waals surface area (Å²) < 4.78 is 27.0. The van der Waals surface area contributed by atoms with Crippen LogP contribution < -0.4 is 4.72 Å². The van der Waals surface area contributed by atoms with Crippen LogP contribution in [0.2, 0.25) is 0 Å². The topological polar surface area (TPSA) is 121 Å². The Morgan fingerprint density at radius 2 is 1.48 bits per heavy atom. The van der Waals surface area contributed by atoms with Gasteiger partial charge in [0.1, 0.15) is 4.90 Å². The van der Waals surface area contributed by atoms with Crippen LogP contribution in [0.5, 0.6) is 11.5 Å². The first kappa shape index (κ1) is 17.1. The number of carbonyl (C=O) groups is 2. The molecule has 0 saturated carbocycles. The van der Waals surface area contributed by atoms with E-state index in [-0.39, 0.29) is 16.7 Å². The molecule has 8 heteroatoms. The second-order valence-corrected chi connectivity index (χ2v) is 7.66. The van der Waals surface area contributed by atoms with E-state index in [9.17, 15) is 28.2 Å². The minimum atomic E-state index is -4.19. The lowest BCUT2D eigenvalue weighted by molar-refractivity contribution is 0.0975. The monoisotopic (exact) mass is 361 g/mol. The molecule has 130 valence electrons. The summed E-state index contributed by atoms with van der Waals surface area (Å²) in [5.41, 5.74) is -0.455. The molecule has 0 aromatic heterocycles. The Morgan fingerprint density at radius 1 is 0.920 bits per heavy atom. The summed E-state index contributed by atoms with van der Waals surface area (Å²) in [6.07, 6.45) is 0. The number of benzene rings is 2. The van der Waals surface area contributed by atoms with E-state index in [1.807, 2.05) is 0 Å². The number of hydrogen-bond donors (Lipinski definition) is 3. The molecule has 3 rings (SSSR count). The van der Waals surface area contributed by atoms with E-state index in [4.69, 9.17) is 0 Å². The van der Waals surface area contributed by atoms with Gasteiger partial charge in [-0.15, -0.1) is 0 Å². The molecule has 0 atom stereocenters. The molecule has 25 heavy (non-hydrogen) atoms. The van der Waals surface area contributed by atoms with Crippen molar-refractivity contribution in [3.63, 3.8) is 0 Å². The molecule has 0 saturated heterocycles. The van der Waals surface area contributed by atoms with E-state index in [1.165, 1.54) is 12.1 Å². The zero-order valence-electron chi connectivity index (χ0n) is 13.4. The first-order chi connectivity index (χ1) is 11.6. The van der Waals surface area contributed by atoms with Crippen molar-refractivity contribution >= 4 is 21.6 Å². The maximum atomic E-state index is 12.7. The molecule has 0 amide bonds. The first-order valence-electron chi connectivity index (χ1n) is 7.45. The number of nitrogens with one attached hydrogen (secondary N) is 1. The molecule has 0 heterocycles. The van der Waals surface area contributed by atoms with Gasteiger partial charge in [0.15, 0.2) is 23.1 Å². The van der Waals surface area contributed by atoms with Crippen LogP contribution in [-0.4, -0.2) is 36.2 Å². The number of hydrogen-bond acceptors (Lipinski definition) is 6. The predicted molar refractivity (Wildman–Crippen MR) is 88.5 cm³/mol. The molecule has 3 N–H and O–H groups in total. The third-order valence-corrected chi connectivity index (χ3v) is 5.48. The minimum Gasteiger partial charge on any atom is -0.504 e. The molecule has 2 aromatic rings. The fourth-order valence-corrected chi connectivity index (χ4v) is 4.15. The van der Waals surface area contributed by atoms with Crippen LogP contribution in [0.25, 0.3) is 0 Å². The van der Waals surface area contributed by atoms with E-state index in [0.29, 0.717) is 0 Å². The zero-order chi connectivity index (χ0) is 18.5. The van der Waals surface area contributed by atoms with E-state index < -0.39 is 49.6 Å². The number of phenols is 2. The Bertz CT molecular complexity index is 1020. The molecule has 1 aliphatic carbocycles. The Hall–Kier alpha value is -2.71. The van der Waals surface area contributed by atoms with Gasteiger partial charge in [0.25, 0.3) is 0 Å². The van der Waals surface area contributed by atoms with Gasteiger partial charge in [-0.2, -0.15) is 0 Å². The largest absolute Gasteiger partial charge is 0.504 e. The van der Waals surface area contributed by atoms with Crippen molar-refractivity contribution in [3.05, 3.63) is 52.6 Å². The van der Waals surface area contributed by atoms with Crippen molar-refractivity contribution in [1.82, 2.24) is 4.72 Å². The van der Waals surface area contributed by atoms with Crippen molar-refractivity contribution in [3.8, 4) is 11.5 Å². The molecule has 1 aliphatic rings. The number of rotatable bonds is 3. The summed E-state index contributed by atoms with van der Waals surface area (Å²) in [5, 5.41) is 20.3. The van der Waals surface area contributed by atoms with Gasteiger partial charge in [-0.25, -0.2) is 13.1 Å². The Morgan fingerprint density at radius 3 is 2.04 bits per heavy atom. The molecule has 0 aliphatic heterocycles. The van der Waals surface area contributed by atoms with Gasteiger partial charge < -0.3 is 10.2 Å². The highest BCUT2D eigenvalue weighted by molar-refractivity contribution is 7.89. The van der Waals surface area contributed by atoms with Crippen LogP contribution in [-0.2, 0) is 10.0 Å². The highest BCUT2D eigenvalue weighted by atomic mass is 32.2. The van der Waals surface area contributed by atoms with Gasteiger partial charge in [0.05, 0.1) is 5.56 Å². The number of sulfonamides is 1. The second-order valence-electron chi connectivity index (χ2n) is 5.97. The Labute approximate surface area is 144 Å². The Balaban J connectivity index is 2.30. The summed E-state index contributed by atoms with van der Waals surface area (Å²) in [6.45, 7) is 3.16. The fourth-order valence-electron chi connectivity index (χ4n) is 2.78. The SMILES string of the molecule is CC(C)NS(=O)(=O)c1cc2c(c(O)c1O)C(=O)c1ccccc1C2=O. The third-order valence-electron chi connectivity index (χ3n) is 3.81. The van der Waals surface area contributed by atoms with E-state index in [2.05, 4.69) is 4.72 Å². The normalized spacial score (nSPS) is 13.7. The van der Waals surface area contributed by atoms with Crippen molar-refractivity contribution in [2.75, 3.05) is 0 Å². The second kappa shape index (κ2) is 5.68. The van der Waals surface area contributed by atoms with Crippen LogP contribution in [0.15, 0.2) is 35.2 Å². The van der Waals surface area contributed by atoms with Gasteiger partial charge in [0.2, 0.25) is 10.0 Å². The fraction of sp³-hybridized carbons (Fsp3) is 0.176. The maximum Gasteiger partial charge on any atom is 0.244 e. The highest BCUT2D eigenvalue weighted by Gasteiger charge is 2.36. The number of ketones is 2. The van der Waals surface area contributed by atoms with Gasteiger partial charge in [-0.3, -0.25) is 9.59 Å². The lowest BCUT2D eigenvalue weighted by Crippen LogP contribution is -2.31. The molecule has 7 nitrogen and oxygen atoms in total. The van der Waals surface area contributed by atoms with Gasteiger partial charge >= 0.3 is 0 Å². The minimum absolute atomic E-state index is 0.0885. The maximum absolute atomic E-state index is 12.7. The van der Waals surface area contributed by atoms with Crippen LogP contribution in [0.3, 0.4) is 0 Å². The average molecular weight is 361 g/mol. The smallest absolute Gasteiger partial charge is 0.244 e. The van der Waals surface area contributed by atoms with Crippen molar-refractivity contribution in [1.29, 1.82) is 0 Å². The number of fused-ring (bicyclic) bond motifs is 2. The Kier molecular flexibility index (Phi) is 3.89. The number of aromatic hydroxyl groups is 2. The van der Waals surface area contributed by atoms with Crippen LogP contribution in [0.4, 0.5) is 0 Å². The van der Waals surface area contributed by atoms with Gasteiger partial charge in [-0.1, -0.05) is 24.3 Å². The molecule has 0 radical (unpaired) electrons. The van der Waals surface area contributed by atoms with E-state index >= 15 is 0 Å². The number of phenolic OH excluding ortho intramolecular Hbond substituents is 2. The zero-order valence-corrected chi connectivity index (χ0v) is 14.2. The van der Waals surface area contributed by atoms with Crippen LogP contribution >= 0.6 is 0 Å². The summed E-state index contributed by atoms with van der Waals surface area (Å²) in [7, 11) is -4.19. The standard InChI is InChI=1S/C17H15NO6S/c1-8(2)18-25(23,24)12-7-11-13(17(22)16(12)21)15(20)10-6-4-3-5-9(10)14(11)19/h3-8,18,21-22H,1-2H3.